The van der Waals surface area contributed by atoms with Crippen molar-refractivity contribution in [1.82, 2.24) is 0 Å². The standard InChI is InChI=1S/C19H20Cl2O3S/c1-4-12-9-15(21)17(10-14(12)20)23-11-13-16(24-19(22)5-2)7-6-8-18(13)25-3/h6-10H,4-5,11H2,1-3H3. The number of aryl methyl sites for hydroxylation is 1. The van der Waals surface area contributed by atoms with Crippen molar-refractivity contribution in [2.24, 2.45) is 0 Å². The minimum Gasteiger partial charge on any atom is -0.487 e. The van der Waals surface area contributed by atoms with E-state index in [-0.39, 0.29) is 12.6 Å². The van der Waals surface area contributed by atoms with Crippen LogP contribution < -0.4 is 9.47 Å². The molecule has 0 unspecified atom stereocenters. The number of carbonyl (C=O) groups excluding carboxylic acids is 1. The van der Waals surface area contributed by atoms with Crippen LogP contribution in [-0.2, 0) is 17.8 Å². The Bertz CT molecular complexity index is 763. The molecule has 2 aromatic carbocycles. The first-order valence-electron chi connectivity index (χ1n) is 7.97. The van der Waals surface area contributed by atoms with Gasteiger partial charge in [0.15, 0.2) is 0 Å². The third-order valence-electron chi connectivity index (χ3n) is 3.68. The summed E-state index contributed by atoms with van der Waals surface area (Å²) in [5.74, 6) is 0.728. The van der Waals surface area contributed by atoms with E-state index < -0.39 is 0 Å². The number of carbonyl (C=O) groups is 1. The van der Waals surface area contributed by atoms with Crippen LogP contribution in [0.2, 0.25) is 10.0 Å². The van der Waals surface area contributed by atoms with Crippen molar-refractivity contribution < 1.29 is 14.3 Å². The zero-order chi connectivity index (χ0) is 18.4. The quantitative estimate of drug-likeness (QED) is 0.317. The van der Waals surface area contributed by atoms with Crippen molar-refractivity contribution in [2.75, 3.05) is 6.26 Å². The van der Waals surface area contributed by atoms with Gasteiger partial charge >= 0.3 is 5.97 Å². The molecular formula is C19H20Cl2O3S. The number of thioether (sulfide) groups is 1. The van der Waals surface area contributed by atoms with Crippen LogP contribution >= 0.6 is 35.0 Å². The Labute approximate surface area is 162 Å². The lowest BCUT2D eigenvalue weighted by atomic mass is 10.1. The van der Waals surface area contributed by atoms with Crippen LogP contribution in [0.4, 0.5) is 0 Å². The number of halogens is 2. The second-order valence-electron chi connectivity index (χ2n) is 5.28. The number of hydrogen-bond acceptors (Lipinski definition) is 4. The molecule has 0 bridgehead atoms. The lowest BCUT2D eigenvalue weighted by Crippen LogP contribution is -2.09. The highest BCUT2D eigenvalue weighted by Gasteiger charge is 2.14. The molecule has 0 aliphatic rings. The van der Waals surface area contributed by atoms with Crippen LogP contribution in [0.1, 0.15) is 31.4 Å². The zero-order valence-electron chi connectivity index (χ0n) is 14.4. The Morgan fingerprint density at radius 2 is 1.88 bits per heavy atom. The van der Waals surface area contributed by atoms with E-state index in [4.69, 9.17) is 32.7 Å². The lowest BCUT2D eigenvalue weighted by Gasteiger charge is -2.15. The average molecular weight is 399 g/mol. The molecule has 0 radical (unpaired) electrons. The van der Waals surface area contributed by atoms with Gasteiger partial charge in [0, 0.05) is 28.0 Å². The van der Waals surface area contributed by atoms with Gasteiger partial charge in [-0.25, -0.2) is 0 Å². The number of esters is 1. The first-order valence-corrected chi connectivity index (χ1v) is 9.95. The van der Waals surface area contributed by atoms with E-state index in [0.29, 0.717) is 28.0 Å². The molecule has 0 atom stereocenters. The van der Waals surface area contributed by atoms with Gasteiger partial charge in [-0.2, -0.15) is 0 Å². The van der Waals surface area contributed by atoms with Gasteiger partial charge in [-0.05, 0) is 36.4 Å². The molecule has 0 saturated heterocycles. The molecule has 134 valence electrons. The molecule has 3 nitrogen and oxygen atoms in total. The van der Waals surface area contributed by atoms with Crippen LogP contribution in [0.15, 0.2) is 35.2 Å². The summed E-state index contributed by atoms with van der Waals surface area (Å²) in [5.41, 5.74) is 1.78. The van der Waals surface area contributed by atoms with Crippen molar-refractivity contribution in [1.29, 1.82) is 0 Å². The molecule has 0 spiro atoms. The van der Waals surface area contributed by atoms with Gasteiger partial charge < -0.3 is 9.47 Å². The van der Waals surface area contributed by atoms with E-state index in [1.165, 1.54) is 0 Å². The van der Waals surface area contributed by atoms with E-state index in [1.54, 1.807) is 30.8 Å². The summed E-state index contributed by atoms with van der Waals surface area (Å²) in [6.45, 7) is 4.00. The fourth-order valence-corrected chi connectivity index (χ4v) is 3.42. The van der Waals surface area contributed by atoms with Crippen LogP contribution in [-0.4, -0.2) is 12.2 Å². The van der Waals surface area contributed by atoms with Gasteiger partial charge in [-0.1, -0.05) is 43.1 Å². The van der Waals surface area contributed by atoms with E-state index in [0.717, 1.165) is 22.4 Å². The van der Waals surface area contributed by atoms with Crippen molar-refractivity contribution >= 4 is 40.9 Å². The summed E-state index contributed by atoms with van der Waals surface area (Å²) < 4.78 is 11.3. The minimum absolute atomic E-state index is 0.227. The highest BCUT2D eigenvalue weighted by molar-refractivity contribution is 7.98. The summed E-state index contributed by atoms with van der Waals surface area (Å²) in [6.07, 6.45) is 3.07. The molecule has 25 heavy (non-hydrogen) atoms. The molecule has 0 aromatic heterocycles. The zero-order valence-corrected chi connectivity index (χ0v) is 16.7. The van der Waals surface area contributed by atoms with E-state index >= 15 is 0 Å². The normalized spacial score (nSPS) is 10.6. The molecule has 0 N–H and O–H groups in total. The van der Waals surface area contributed by atoms with Gasteiger partial charge in [-0.15, -0.1) is 11.8 Å². The van der Waals surface area contributed by atoms with Gasteiger partial charge in [0.1, 0.15) is 18.1 Å². The molecule has 0 aliphatic carbocycles. The van der Waals surface area contributed by atoms with E-state index in [2.05, 4.69) is 0 Å². The third kappa shape index (κ3) is 5.06. The fraction of sp³-hybridized carbons (Fsp3) is 0.316. The molecule has 2 aromatic rings. The van der Waals surface area contributed by atoms with Gasteiger partial charge in [0.25, 0.3) is 0 Å². The first-order chi connectivity index (χ1) is 12.0. The van der Waals surface area contributed by atoms with E-state index in [9.17, 15) is 4.79 Å². The highest BCUT2D eigenvalue weighted by Crippen LogP contribution is 2.34. The number of rotatable bonds is 7. The van der Waals surface area contributed by atoms with Crippen LogP contribution in [0.5, 0.6) is 11.5 Å². The van der Waals surface area contributed by atoms with Crippen LogP contribution in [0.3, 0.4) is 0 Å². The molecule has 0 fully saturated rings. The Hall–Kier alpha value is -1.36. The predicted octanol–water partition coefficient (Wildman–Crippen LogP) is 6.17. The fourth-order valence-electron chi connectivity index (χ4n) is 2.27. The number of benzene rings is 2. The third-order valence-corrected chi connectivity index (χ3v) is 5.15. The monoisotopic (exact) mass is 398 g/mol. The maximum Gasteiger partial charge on any atom is 0.310 e. The lowest BCUT2D eigenvalue weighted by molar-refractivity contribution is -0.134. The average Bonchev–Trinajstić information content (AvgIpc) is 2.62. The van der Waals surface area contributed by atoms with E-state index in [1.807, 2.05) is 31.4 Å². The summed E-state index contributed by atoms with van der Waals surface area (Å²) >= 11 is 14.1. The van der Waals surface area contributed by atoms with Crippen molar-refractivity contribution in [2.45, 2.75) is 38.2 Å². The minimum atomic E-state index is -0.284. The molecule has 0 saturated carbocycles. The second kappa shape index (κ2) is 9.37. The van der Waals surface area contributed by atoms with Gasteiger partial charge in [0.05, 0.1) is 5.02 Å². The second-order valence-corrected chi connectivity index (χ2v) is 6.94. The maximum absolute atomic E-state index is 11.7. The molecule has 0 amide bonds. The summed E-state index contributed by atoms with van der Waals surface area (Å²) in [7, 11) is 0. The Morgan fingerprint density at radius 3 is 2.52 bits per heavy atom. The summed E-state index contributed by atoms with van der Waals surface area (Å²) in [5, 5.41) is 1.13. The van der Waals surface area contributed by atoms with Crippen LogP contribution in [0, 0.1) is 0 Å². The van der Waals surface area contributed by atoms with Crippen LogP contribution in [0.25, 0.3) is 0 Å². The summed E-state index contributed by atoms with van der Waals surface area (Å²) in [4.78, 5) is 12.6. The Kier molecular flexibility index (Phi) is 7.48. The SMILES string of the molecule is CCC(=O)Oc1cccc(SC)c1COc1cc(Cl)c(CC)cc1Cl. The van der Waals surface area contributed by atoms with Gasteiger partial charge in [0.2, 0.25) is 0 Å². The largest absolute Gasteiger partial charge is 0.487 e. The Morgan fingerprint density at radius 1 is 1.12 bits per heavy atom. The van der Waals surface area contributed by atoms with Crippen molar-refractivity contribution in [3.63, 3.8) is 0 Å². The predicted molar refractivity (Wildman–Crippen MR) is 104 cm³/mol. The molecule has 6 heteroatoms. The maximum atomic E-state index is 11.7. The smallest absolute Gasteiger partial charge is 0.310 e. The molecule has 2 rings (SSSR count). The van der Waals surface area contributed by atoms with Crippen molar-refractivity contribution in [3.05, 3.63) is 51.5 Å². The first kappa shape index (κ1) is 20.0. The van der Waals surface area contributed by atoms with Crippen molar-refractivity contribution in [3.8, 4) is 11.5 Å². The molecular weight excluding hydrogens is 379 g/mol. The van der Waals surface area contributed by atoms with Gasteiger partial charge in [-0.3, -0.25) is 4.79 Å². The Balaban J connectivity index is 2.28. The number of hydrogen-bond donors (Lipinski definition) is 0. The topological polar surface area (TPSA) is 35.5 Å². The summed E-state index contributed by atoms with van der Waals surface area (Å²) in [6, 6.07) is 9.12. The number of ether oxygens (including phenoxy) is 2. The molecule has 0 aliphatic heterocycles. The highest BCUT2D eigenvalue weighted by atomic mass is 35.5. The molecule has 0 heterocycles.